The molecule has 2 aliphatic rings. The molecule has 4 heterocycles. The molecule has 0 saturated carbocycles. The van der Waals surface area contributed by atoms with Gasteiger partial charge in [0.1, 0.15) is 0 Å². The van der Waals surface area contributed by atoms with Gasteiger partial charge in [-0.15, -0.1) is 0 Å². The van der Waals surface area contributed by atoms with Crippen molar-refractivity contribution in [2.75, 3.05) is 0 Å². The number of ketones is 2. The molecular weight excluding hydrogens is 709 g/mol. The Morgan fingerprint density at radius 3 is 1.00 bits per heavy atom. The Hall–Kier alpha value is -4.96. The Morgan fingerprint density at radius 1 is 0.397 bits per heavy atom. The van der Waals surface area contributed by atoms with E-state index in [4.69, 9.17) is 0 Å². The molecule has 58 heavy (non-hydrogen) atoms. The van der Waals surface area contributed by atoms with Crippen molar-refractivity contribution in [1.82, 2.24) is 8.80 Å². The minimum absolute atomic E-state index is 0.0678. The van der Waals surface area contributed by atoms with E-state index in [0.29, 0.717) is 0 Å². The van der Waals surface area contributed by atoms with Crippen molar-refractivity contribution in [2.45, 2.75) is 131 Å². The number of nitrogens with zero attached hydrogens (tertiary/aromatic N) is 2. The van der Waals surface area contributed by atoms with Crippen LogP contribution in [0.3, 0.4) is 0 Å². The molecule has 5 aromatic carbocycles. The fourth-order valence-electron chi connectivity index (χ4n) is 12.3. The van der Waals surface area contributed by atoms with Crippen LogP contribution < -0.4 is 0 Å². The third-order valence-electron chi connectivity index (χ3n) is 14.9. The van der Waals surface area contributed by atoms with E-state index in [1.165, 1.54) is 87.4 Å². The Balaban J connectivity index is 1.34. The van der Waals surface area contributed by atoms with Gasteiger partial charge in [0.2, 0.25) is 0 Å². The number of carbonyl (C=O) groups excluding carboxylic acids is 2. The lowest BCUT2D eigenvalue weighted by Crippen LogP contribution is -2.39. The van der Waals surface area contributed by atoms with Crippen molar-refractivity contribution in [2.24, 2.45) is 10.8 Å². The quantitative estimate of drug-likeness (QED) is 0.154. The first-order valence-electron chi connectivity index (χ1n) is 21.4. The van der Waals surface area contributed by atoms with Crippen LogP contribution >= 0.6 is 0 Å². The second-order valence-corrected chi connectivity index (χ2v) is 23.3. The van der Waals surface area contributed by atoms with Crippen molar-refractivity contribution in [3.05, 3.63) is 94.0 Å². The molecular formula is C54H56N2O2. The highest BCUT2D eigenvalue weighted by Crippen LogP contribution is 2.52. The highest BCUT2D eigenvalue weighted by atomic mass is 16.1. The van der Waals surface area contributed by atoms with E-state index in [1.54, 1.807) is 0 Å². The van der Waals surface area contributed by atoms with Crippen molar-refractivity contribution in [3.63, 3.8) is 0 Å². The molecule has 0 N–H and O–H groups in total. The summed E-state index contributed by atoms with van der Waals surface area (Å²) in [5, 5.41) is 9.88. The third kappa shape index (κ3) is 4.37. The lowest BCUT2D eigenvalue weighted by Gasteiger charge is -2.41. The molecule has 11 rings (SSSR count). The summed E-state index contributed by atoms with van der Waals surface area (Å²) in [5.41, 5.74) is 12.4. The molecule has 0 amide bonds. The van der Waals surface area contributed by atoms with Gasteiger partial charge in [-0.3, -0.25) is 9.59 Å². The zero-order valence-electron chi connectivity index (χ0n) is 36.9. The molecule has 0 fully saturated rings. The molecule has 4 nitrogen and oxygen atoms in total. The monoisotopic (exact) mass is 764 g/mol. The van der Waals surface area contributed by atoms with Gasteiger partial charge >= 0.3 is 0 Å². The van der Waals surface area contributed by atoms with Gasteiger partial charge in [0, 0.05) is 65.0 Å². The van der Waals surface area contributed by atoms with Crippen LogP contribution in [-0.2, 0) is 21.7 Å². The summed E-state index contributed by atoms with van der Waals surface area (Å²) in [4.78, 5) is 28.5. The van der Waals surface area contributed by atoms with Gasteiger partial charge in [-0.05, 0) is 117 Å². The Kier molecular flexibility index (Phi) is 6.38. The first-order chi connectivity index (χ1) is 26.8. The topological polar surface area (TPSA) is 43.0 Å². The van der Waals surface area contributed by atoms with Crippen LogP contribution in [0.5, 0.6) is 0 Å². The van der Waals surface area contributed by atoms with E-state index in [9.17, 15) is 9.59 Å². The van der Waals surface area contributed by atoms with E-state index in [2.05, 4.69) is 166 Å². The highest BCUT2D eigenvalue weighted by Gasteiger charge is 2.45. The van der Waals surface area contributed by atoms with Crippen molar-refractivity contribution < 1.29 is 9.59 Å². The minimum Gasteiger partial charge on any atom is -0.308 e. The smallest absolute Gasteiger partial charge is 0.168 e. The molecule has 0 bridgehead atoms. The van der Waals surface area contributed by atoms with Crippen molar-refractivity contribution in [3.8, 4) is 0 Å². The van der Waals surface area contributed by atoms with Gasteiger partial charge in [0.25, 0.3) is 0 Å². The number of Topliss-reactive ketones (excluding diaryl/α,β-unsaturated/α-hetero) is 2. The molecule has 0 saturated heterocycles. The molecule has 294 valence electrons. The minimum atomic E-state index is -0.431. The third-order valence-corrected chi connectivity index (χ3v) is 14.9. The van der Waals surface area contributed by atoms with Crippen LogP contribution in [0.2, 0.25) is 0 Å². The maximum atomic E-state index is 14.3. The van der Waals surface area contributed by atoms with Crippen LogP contribution in [0.25, 0.3) is 76.2 Å². The molecule has 0 radical (unpaired) electrons. The SMILES string of the molecule is CC1(C)CC(C)(C)c2cc3c4cc(C(C)(C)C)cc5c6cc7c(cc6n(c3cc2C1=O)c45)c1cc(C(C)(C)C)cc2c3cc4c(cc3n7c21)C(=O)C(C)(C)CC4(C)C. The second kappa shape index (κ2) is 10.2. The van der Waals surface area contributed by atoms with E-state index < -0.39 is 10.8 Å². The number of fused-ring (bicyclic) bond motifs is 14. The largest absolute Gasteiger partial charge is 0.308 e. The lowest BCUT2D eigenvalue weighted by molar-refractivity contribution is 0.0760. The number of carbonyl (C=O) groups is 2. The predicted octanol–water partition coefficient (Wildman–Crippen LogP) is 14.4. The van der Waals surface area contributed by atoms with Gasteiger partial charge < -0.3 is 8.80 Å². The Labute approximate surface area is 341 Å². The lowest BCUT2D eigenvalue weighted by atomic mass is 9.62. The molecule has 0 atom stereocenters. The summed E-state index contributed by atoms with van der Waals surface area (Å²) in [6.45, 7) is 31.5. The maximum Gasteiger partial charge on any atom is 0.168 e. The summed E-state index contributed by atoms with van der Waals surface area (Å²) < 4.78 is 4.94. The van der Waals surface area contributed by atoms with Crippen LogP contribution in [0.1, 0.15) is 153 Å². The molecule has 0 aliphatic heterocycles. The van der Waals surface area contributed by atoms with E-state index in [-0.39, 0.29) is 33.2 Å². The van der Waals surface area contributed by atoms with Gasteiger partial charge in [-0.1, -0.05) is 96.9 Å². The highest BCUT2D eigenvalue weighted by molar-refractivity contribution is 6.30. The molecule has 9 aromatic rings. The molecule has 4 heteroatoms. The first kappa shape index (κ1) is 36.1. The fourth-order valence-corrected chi connectivity index (χ4v) is 12.3. The average Bonchev–Trinajstić information content (AvgIpc) is 3.81. The van der Waals surface area contributed by atoms with E-state index in [0.717, 1.165) is 35.0 Å². The summed E-state index contributed by atoms with van der Waals surface area (Å²) in [5.74, 6) is 0.481. The number of hydrogen-bond donors (Lipinski definition) is 0. The molecule has 0 unspecified atom stereocenters. The Morgan fingerprint density at radius 2 is 0.690 bits per heavy atom. The number of benzene rings is 5. The van der Waals surface area contributed by atoms with Crippen LogP contribution in [0.15, 0.2) is 60.7 Å². The number of hydrogen-bond acceptors (Lipinski definition) is 2. The first-order valence-corrected chi connectivity index (χ1v) is 21.4. The molecule has 4 aromatic heterocycles. The maximum absolute atomic E-state index is 14.3. The average molecular weight is 765 g/mol. The van der Waals surface area contributed by atoms with Gasteiger partial charge in [0.15, 0.2) is 11.6 Å². The second-order valence-electron chi connectivity index (χ2n) is 23.3. The summed E-state index contributed by atoms with van der Waals surface area (Å²) in [6, 6.07) is 23.8. The van der Waals surface area contributed by atoms with Crippen LogP contribution in [0, 0.1) is 10.8 Å². The number of aromatic nitrogens is 2. The summed E-state index contributed by atoms with van der Waals surface area (Å²) in [7, 11) is 0. The van der Waals surface area contributed by atoms with E-state index >= 15 is 0 Å². The molecule has 2 aliphatic carbocycles. The van der Waals surface area contributed by atoms with Gasteiger partial charge in [-0.2, -0.15) is 0 Å². The van der Waals surface area contributed by atoms with Gasteiger partial charge in [0.05, 0.1) is 33.1 Å². The zero-order chi connectivity index (χ0) is 41.3. The summed E-state index contributed by atoms with van der Waals surface area (Å²) in [6.07, 6.45) is 1.65. The Bertz CT molecular complexity index is 3150. The standard InChI is InChI=1S/C54H56N2O2/c1-49(2,3)27-15-33-29-19-39-37(47(57)53(11,12)25-51(39,7)8)23-43(29)55-41-22-32-36-18-28(50(4,5)6)16-34-30-20-40-38(48(58)54(13,14)26-52(40,9)10)24-44(30)56(46(34)36)42(32)21-31(41)35(17-27)45(33)55/h15-24H,25-26H2,1-14H3. The number of rotatable bonds is 0. The van der Waals surface area contributed by atoms with E-state index in [1.807, 2.05) is 0 Å². The van der Waals surface area contributed by atoms with Gasteiger partial charge in [-0.25, -0.2) is 0 Å². The van der Waals surface area contributed by atoms with Crippen molar-refractivity contribution >= 4 is 87.8 Å². The van der Waals surface area contributed by atoms with Crippen LogP contribution in [-0.4, -0.2) is 20.4 Å². The zero-order valence-corrected chi connectivity index (χ0v) is 36.9. The van der Waals surface area contributed by atoms with Crippen LogP contribution in [0.4, 0.5) is 0 Å². The summed E-state index contributed by atoms with van der Waals surface area (Å²) >= 11 is 0. The normalized spacial score (nSPS) is 19.3. The molecule has 0 spiro atoms. The predicted molar refractivity (Wildman–Crippen MR) is 245 cm³/mol. The fraction of sp³-hybridized carbons (Fsp3) is 0.407. The van der Waals surface area contributed by atoms with Crippen molar-refractivity contribution in [1.29, 1.82) is 0 Å².